The predicted octanol–water partition coefficient (Wildman–Crippen LogP) is 2.60. The van der Waals surface area contributed by atoms with Gasteiger partial charge in [0.1, 0.15) is 5.69 Å². The first-order valence-electron chi connectivity index (χ1n) is 8.34. The van der Waals surface area contributed by atoms with Gasteiger partial charge >= 0.3 is 5.69 Å². The van der Waals surface area contributed by atoms with E-state index in [-0.39, 0.29) is 53.0 Å². The van der Waals surface area contributed by atoms with E-state index in [1.807, 2.05) is 0 Å². The maximum atomic E-state index is 12.7. The topological polar surface area (TPSA) is 175 Å². The summed E-state index contributed by atoms with van der Waals surface area (Å²) in [6, 6.07) is 6.22. The number of hydrazone groups is 1. The van der Waals surface area contributed by atoms with Crippen molar-refractivity contribution in [2.75, 3.05) is 5.01 Å². The van der Waals surface area contributed by atoms with E-state index in [9.17, 15) is 28.4 Å². The quantitative estimate of drug-likeness (QED) is 0.227. The fourth-order valence-electron chi connectivity index (χ4n) is 2.71. The van der Waals surface area contributed by atoms with Gasteiger partial charge in [-0.25, -0.2) is 0 Å². The average Bonchev–Trinajstić information content (AvgIpc) is 2.95. The SMILES string of the molecule is CC1=NN(c2ccc(S(=O)(=O)O)cc2)C(=O)C1N=Nc1cc(C)cc([N+](=O)[O-])c1O.[HH].[Na]. The molecular formula is C17H17N5NaO7S. The van der Waals surface area contributed by atoms with E-state index in [4.69, 9.17) is 4.55 Å². The molecule has 31 heavy (non-hydrogen) atoms. The number of rotatable bonds is 5. The Labute approximate surface area is 200 Å². The molecule has 0 aromatic heterocycles. The fourth-order valence-corrected chi connectivity index (χ4v) is 3.19. The van der Waals surface area contributed by atoms with E-state index in [1.54, 1.807) is 6.92 Å². The maximum Gasteiger partial charge on any atom is 0.313 e. The Balaban J connectivity index is 0.00000256. The summed E-state index contributed by atoms with van der Waals surface area (Å²) in [7, 11) is -4.38. The van der Waals surface area contributed by atoms with Crippen LogP contribution in [0.2, 0.25) is 0 Å². The number of amides is 1. The number of phenolic OH excluding ortho intramolecular Hbond substituents is 1. The molecule has 0 saturated carbocycles. The monoisotopic (exact) mass is 458 g/mol. The van der Waals surface area contributed by atoms with Crippen molar-refractivity contribution >= 4 is 68.4 Å². The maximum absolute atomic E-state index is 12.7. The molecule has 0 fully saturated rings. The van der Waals surface area contributed by atoms with E-state index in [0.717, 1.165) is 17.1 Å². The van der Waals surface area contributed by atoms with Gasteiger partial charge in [-0.1, -0.05) is 0 Å². The predicted molar refractivity (Wildman–Crippen MR) is 113 cm³/mol. The van der Waals surface area contributed by atoms with Gasteiger partial charge in [0.25, 0.3) is 16.0 Å². The van der Waals surface area contributed by atoms with Crippen molar-refractivity contribution in [1.29, 1.82) is 0 Å². The van der Waals surface area contributed by atoms with Crippen LogP contribution in [0.3, 0.4) is 0 Å². The van der Waals surface area contributed by atoms with Gasteiger partial charge in [-0.3, -0.25) is 19.5 Å². The molecule has 14 heteroatoms. The van der Waals surface area contributed by atoms with Crippen molar-refractivity contribution in [2.24, 2.45) is 15.3 Å². The number of nitro benzene ring substituents is 1. The molecule has 1 heterocycles. The molecule has 2 aromatic rings. The van der Waals surface area contributed by atoms with Crippen LogP contribution in [0, 0.1) is 17.0 Å². The summed E-state index contributed by atoms with van der Waals surface area (Å²) in [5, 5.41) is 33.8. The molecule has 0 aliphatic carbocycles. The number of benzene rings is 2. The van der Waals surface area contributed by atoms with Crippen LogP contribution in [0.4, 0.5) is 17.1 Å². The molecule has 3 rings (SSSR count). The third-order valence-corrected chi connectivity index (χ3v) is 5.03. The van der Waals surface area contributed by atoms with Crippen LogP contribution in [0.25, 0.3) is 0 Å². The summed E-state index contributed by atoms with van der Waals surface area (Å²) in [6.45, 7) is 3.10. The van der Waals surface area contributed by atoms with Crippen molar-refractivity contribution < 1.29 is 29.2 Å². The van der Waals surface area contributed by atoms with Crippen LogP contribution >= 0.6 is 0 Å². The molecule has 2 N–H and O–H groups in total. The Morgan fingerprint density at radius 1 is 1.23 bits per heavy atom. The van der Waals surface area contributed by atoms with Gasteiger partial charge in [0, 0.05) is 37.1 Å². The minimum atomic E-state index is -4.38. The largest absolute Gasteiger partial charge is 0.501 e. The number of aromatic hydroxyl groups is 1. The first-order chi connectivity index (χ1) is 14.0. The molecule has 1 aliphatic rings. The number of anilines is 1. The third kappa shape index (κ3) is 5.14. The normalized spacial score (nSPS) is 16.4. The minimum Gasteiger partial charge on any atom is -0.501 e. The molecule has 0 saturated heterocycles. The first-order valence-corrected chi connectivity index (χ1v) is 9.78. The molecule has 1 unspecified atom stereocenters. The van der Waals surface area contributed by atoms with Crippen LogP contribution in [0.1, 0.15) is 13.9 Å². The van der Waals surface area contributed by atoms with Crippen molar-refractivity contribution in [3.8, 4) is 5.75 Å². The van der Waals surface area contributed by atoms with E-state index < -0.39 is 38.4 Å². The minimum absolute atomic E-state index is 0. The van der Waals surface area contributed by atoms with Gasteiger partial charge in [0.2, 0.25) is 5.75 Å². The van der Waals surface area contributed by atoms with Gasteiger partial charge < -0.3 is 5.11 Å². The zero-order chi connectivity index (χ0) is 22.2. The molecule has 1 aliphatic heterocycles. The van der Waals surface area contributed by atoms with Crippen LogP contribution < -0.4 is 5.01 Å². The smallest absolute Gasteiger partial charge is 0.313 e. The molecule has 0 bridgehead atoms. The van der Waals surface area contributed by atoms with Gasteiger partial charge in [0.15, 0.2) is 6.04 Å². The molecule has 1 atom stereocenters. The van der Waals surface area contributed by atoms with Crippen LogP contribution in [-0.2, 0) is 14.9 Å². The molecule has 0 spiro atoms. The van der Waals surface area contributed by atoms with Crippen molar-refractivity contribution in [3.63, 3.8) is 0 Å². The fraction of sp³-hybridized carbons (Fsp3) is 0.176. The summed E-state index contributed by atoms with van der Waals surface area (Å²) in [6.07, 6.45) is 0. The Bertz CT molecular complexity index is 1220. The summed E-state index contributed by atoms with van der Waals surface area (Å²) >= 11 is 0. The van der Waals surface area contributed by atoms with E-state index >= 15 is 0 Å². The second-order valence-electron chi connectivity index (χ2n) is 6.39. The average molecular weight is 458 g/mol. The first kappa shape index (κ1) is 24.6. The molecule has 1 amide bonds. The Morgan fingerprint density at radius 2 is 1.84 bits per heavy atom. The standard InChI is InChI=1S/C17H15N5O7S.Na.H2/c1-9-7-13(16(23)14(8-9)22(25)26)18-19-15-10(2)20-21(17(15)24)11-3-5-12(6-4-11)30(27,28)29;;/h3-8,15,23H,1-2H3,(H,27,28,29);;1H. The van der Waals surface area contributed by atoms with Crippen LogP contribution in [-0.4, -0.2) is 70.2 Å². The molecular weight excluding hydrogens is 441 g/mol. The Hall–Kier alpha value is -2.71. The van der Waals surface area contributed by atoms with E-state index in [0.29, 0.717) is 5.56 Å². The zero-order valence-electron chi connectivity index (χ0n) is 16.6. The number of carbonyl (C=O) groups excluding carboxylic acids is 1. The number of hydrogen-bond donors (Lipinski definition) is 2. The van der Waals surface area contributed by atoms with Gasteiger partial charge in [0.05, 0.1) is 21.2 Å². The summed E-state index contributed by atoms with van der Waals surface area (Å²) in [4.78, 5) is 22.6. The number of carbonyl (C=O) groups is 1. The summed E-state index contributed by atoms with van der Waals surface area (Å²) < 4.78 is 31.3. The second-order valence-corrected chi connectivity index (χ2v) is 7.81. The Morgan fingerprint density at radius 3 is 2.39 bits per heavy atom. The molecule has 159 valence electrons. The van der Waals surface area contributed by atoms with Gasteiger partial charge in [-0.2, -0.15) is 28.8 Å². The Kier molecular flexibility index (Phi) is 7.28. The number of hydrogen-bond acceptors (Lipinski definition) is 9. The van der Waals surface area contributed by atoms with Gasteiger partial charge in [-0.15, -0.1) is 0 Å². The van der Waals surface area contributed by atoms with Gasteiger partial charge in [-0.05, 0) is 49.7 Å². The summed E-state index contributed by atoms with van der Waals surface area (Å²) in [5.41, 5.74) is 0.269. The zero-order valence-corrected chi connectivity index (χ0v) is 19.4. The van der Waals surface area contributed by atoms with Crippen LogP contribution in [0.5, 0.6) is 5.75 Å². The third-order valence-electron chi connectivity index (χ3n) is 4.17. The van der Waals surface area contributed by atoms with Crippen LogP contribution in [0.15, 0.2) is 56.6 Å². The summed E-state index contributed by atoms with van der Waals surface area (Å²) in [5.74, 6) is -1.27. The number of nitro groups is 1. The van der Waals surface area contributed by atoms with Crippen molar-refractivity contribution in [1.82, 2.24) is 0 Å². The van der Waals surface area contributed by atoms with E-state index in [2.05, 4.69) is 15.3 Å². The van der Waals surface area contributed by atoms with E-state index in [1.165, 1.54) is 31.2 Å². The number of aryl methyl sites for hydroxylation is 1. The number of azo groups is 1. The van der Waals surface area contributed by atoms with Crippen molar-refractivity contribution in [2.45, 2.75) is 24.8 Å². The molecule has 2 aromatic carbocycles. The molecule has 1 radical (unpaired) electrons. The number of nitrogens with zero attached hydrogens (tertiary/aromatic N) is 5. The number of phenols is 1. The van der Waals surface area contributed by atoms with Crippen molar-refractivity contribution in [3.05, 3.63) is 52.1 Å². The molecule has 12 nitrogen and oxygen atoms in total. The second kappa shape index (κ2) is 9.20.